The molecule has 0 aromatic rings. The Hall–Kier alpha value is -1.14. The molecule has 0 spiro atoms. The van der Waals surface area contributed by atoms with Crippen molar-refractivity contribution in [3.8, 4) is 0 Å². The molecule has 0 N–H and O–H groups in total. The maximum Gasteiger partial charge on any atom is 0.252 e. The highest BCUT2D eigenvalue weighted by Crippen LogP contribution is 2.42. The summed E-state index contributed by atoms with van der Waals surface area (Å²) in [6.45, 7) is 24.4. The summed E-state index contributed by atoms with van der Waals surface area (Å²) in [6.07, 6.45) is 0. The van der Waals surface area contributed by atoms with E-state index >= 15 is 0 Å². The summed E-state index contributed by atoms with van der Waals surface area (Å²) in [4.78, 5) is 36.4. The Morgan fingerprint density at radius 1 is 0.536 bits per heavy atom. The molecule has 0 fully saturated rings. The third kappa shape index (κ3) is 7.36. The summed E-state index contributed by atoms with van der Waals surface area (Å²) in [6, 6.07) is 0. The van der Waals surface area contributed by atoms with Gasteiger partial charge in [-0.3, -0.25) is 9.59 Å². The largest absolute Gasteiger partial charge is 0.272 e. The number of nitrogens with zero attached hydrogens (tertiary/aromatic N) is 2. The van der Waals surface area contributed by atoms with Gasteiger partial charge in [-0.25, -0.2) is 0 Å². The van der Waals surface area contributed by atoms with E-state index in [-0.39, 0.29) is 45.3 Å². The van der Waals surface area contributed by atoms with E-state index in [0.29, 0.717) is 0 Å². The lowest BCUT2D eigenvalue weighted by molar-refractivity contribution is -0.483. The van der Waals surface area contributed by atoms with E-state index in [1.165, 1.54) is 14.1 Å². The smallest absolute Gasteiger partial charge is 0.252 e. The van der Waals surface area contributed by atoms with Crippen LogP contribution in [0.25, 0.3) is 0 Å². The lowest BCUT2D eigenvalue weighted by Crippen LogP contribution is -2.48. The molecule has 166 valence electrons. The zero-order chi connectivity index (χ0) is 22.9. The van der Waals surface area contributed by atoms with Crippen LogP contribution in [0.15, 0.2) is 0 Å². The van der Waals surface area contributed by atoms with Crippen molar-refractivity contribution in [2.24, 2.45) is 33.5 Å². The topological polar surface area (TPSA) is 59.1 Å². The fourth-order valence-corrected chi connectivity index (χ4v) is 4.62. The quantitative estimate of drug-likeness (QED) is 0.476. The average Bonchev–Trinajstić information content (AvgIpc) is 2.37. The van der Waals surface area contributed by atoms with Crippen molar-refractivity contribution >= 4 is 11.8 Å². The fraction of sp³-hybridized carbons (Fsp3) is 0.909. The van der Waals surface area contributed by atoms with Crippen LogP contribution in [0.5, 0.6) is 0 Å². The molecule has 2 amide bonds. The van der Waals surface area contributed by atoms with Crippen molar-refractivity contribution in [3.63, 3.8) is 0 Å². The normalized spacial score (nSPS) is 13.9. The van der Waals surface area contributed by atoms with Crippen molar-refractivity contribution in [2.45, 2.75) is 83.1 Å². The van der Waals surface area contributed by atoms with Gasteiger partial charge in [0.15, 0.2) is 0 Å². The Morgan fingerprint density at radius 2 is 0.714 bits per heavy atom. The van der Waals surface area contributed by atoms with Crippen LogP contribution in [0.4, 0.5) is 0 Å². The van der Waals surface area contributed by atoms with Gasteiger partial charge < -0.3 is 0 Å². The molecule has 6 heteroatoms. The van der Waals surface area contributed by atoms with Gasteiger partial charge in [-0.1, -0.05) is 93.1 Å². The van der Waals surface area contributed by atoms with Crippen LogP contribution in [0.3, 0.4) is 0 Å². The van der Waals surface area contributed by atoms with Crippen molar-refractivity contribution in [1.29, 1.82) is 0 Å². The minimum atomic E-state index is -0.286. The zero-order valence-electron chi connectivity index (χ0n) is 20.7. The van der Waals surface area contributed by atoms with Crippen LogP contribution >= 0.6 is 0 Å². The maximum absolute atomic E-state index is 13.0. The van der Waals surface area contributed by atoms with E-state index in [4.69, 9.17) is 9.98 Å². The first-order valence-corrected chi connectivity index (χ1v) is 10.0. The van der Waals surface area contributed by atoms with E-state index in [0.717, 1.165) is 10.1 Å². The van der Waals surface area contributed by atoms with Gasteiger partial charge in [-0.05, 0) is 21.7 Å². The van der Waals surface area contributed by atoms with Gasteiger partial charge in [0.1, 0.15) is 0 Å². The standard InChI is InChI=1S/C22H44N2O4/c1-19(2,3)15(20(4,5)6)17(25)23(13)27-28-24(14)18(26)16(21(7,8)9)22(10,11)12/h15-16H,1-14H3. The van der Waals surface area contributed by atoms with Crippen LogP contribution < -0.4 is 0 Å². The Kier molecular flexibility index (Phi) is 8.35. The lowest BCUT2D eigenvalue weighted by Gasteiger charge is -2.41. The molecule has 0 aromatic heterocycles. The van der Waals surface area contributed by atoms with Gasteiger partial charge in [-0.2, -0.15) is 10.1 Å². The predicted molar refractivity (Wildman–Crippen MR) is 113 cm³/mol. The number of amides is 2. The van der Waals surface area contributed by atoms with Crippen molar-refractivity contribution < 1.29 is 19.6 Å². The van der Waals surface area contributed by atoms with E-state index in [2.05, 4.69) is 0 Å². The lowest BCUT2D eigenvalue weighted by atomic mass is 9.66. The molecule has 0 aliphatic rings. The molecular formula is C22H44N2O4. The highest BCUT2D eigenvalue weighted by molar-refractivity contribution is 5.79. The third-order valence-corrected chi connectivity index (χ3v) is 4.84. The van der Waals surface area contributed by atoms with Crippen molar-refractivity contribution in [3.05, 3.63) is 0 Å². The minimum Gasteiger partial charge on any atom is -0.272 e. The number of rotatable bonds is 5. The van der Waals surface area contributed by atoms with Gasteiger partial charge in [0.25, 0.3) is 11.8 Å². The summed E-state index contributed by atoms with van der Waals surface area (Å²) in [5.41, 5.74) is -1.01. The van der Waals surface area contributed by atoms with Crippen LogP contribution in [0.1, 0.15) is 83.1 Å². The van der Waals surface area contributed by atoms with E-state index in [9.17, 15) is 9.59 Å². The molecule has 0 rings (SSSR count). The second kappa shape index (κ2) is 8.70. The Balaban J connectivity index is 5.27. The molecule has 0 bridgehead atoms. The Labute approximate surface area is 172 Å². The molecule has 28 heavy (non-hydrogen) atoms. The molecule has 0 saturated heterocycles. The molecule has 0 unspecified atom stereocenters. The summed E-state index contributed by atoms with van der Waals surface area (Å²) in [7, 11) is 3.02. The van der Waals surface area contributed by atoms with Crippen molar-refractivity contribution in [1.82, 2.24) is 10.1 Å². The molecule has 0 heterocycles. The Bertz CT molecular complexity index is 467. The number of carbonyl (C=O) groups excluding carboxylic acids is 2. The summed E-state index contributed by atoms with van der Waals surface area (Å²) < 4.78 is 0. The van der Waals surface area contributed by atoms with Crippen LogP contribution in [-0.4, -0.2) is 36.0 Å². The highest BCUT2D eigenvalue weighted by Gasteiger charge is 2.44. The third-order valence-electron chi connectivity index (χ3n) is 4.84. The summed E-state index contributed by atoms with van der Waals surface area (Å²) >= 11 is 0. The fourth-order valence-electron chi connectivity index (χ4n) is 4.62. The highest BCUT2D eigenvalue weighted by atomic mass is 17.3. The molecule has 0 saturated carbocycles. The second-order valence-corrected chi connectivity index (χ2v) is 12.2. The molecular weight excluding hydrogens is 356 g/mol. The molecule has 0 radical (unpaired) electrons. The summed E-state index contributed by atoms with van der Waals surface area (Å²) in [5, 5.41) is 2.16. The minimum absolute atomic E-state index is 0.191. The van der Waals surface area contributed by atoms with Gasteiger partial charge in [-0.15, -0.1) is 0 Å². The second-order valence-electron chi connectivity index (χ2n) is 12.2. The average molecular weight is 401 g/mol. The molecule has 0 atom stereocenters. The van der Waals surface area contributed by atoms with Crippen molar-refractivity contribution in [2.75, 3.05) is 14.1 Å². The first-order chi connectivity index (χ1) is 12.1. The predicted octanol–water partition coefficient (Wildman–Crippen LogP) is 5.10. The van der Waals surface area contributed by atoms with Gasteiger partial charge in [0.2, 0.25) is 0 Å². The van der Waals surface area contributed by atoms with Crippen LogP contribution in [-0.2, 0) is 19.6 Å². The molecule has 6 nitrogen and oxygen atoms in total. The van der Waals surface area contributed by atoms with E-state index < -0.39 is 0 Å². The first-order valence-electron chi connectivity index (χ1n) is 10.0. The number of hydroxylamine groups is 4. The molecule has 0 aromatic carbocycles. The van der Waals surface area contributed by atoms with E-state index in [1.807, 2.05) is 83.1 Å². The van der Waals surface area contributed by atoms with Crippen LogP contribution in [0, 0.1) is 33.5 Å². The SMILES string of the molecule is CN(OON(C)C(=O)C(C(C)(C)C)C(C)(C)C)C(=O)C(C(C)(C)C)C(C)(C)C. The Morgan fingerprint density at radius 3 is 0.857 bits per heavy atom. The van der Waals surface area contributed by atoms with E-state index in [1.54, 1.807) is 0 Å². The summed E-state index contributed by atoms with van der Waals surface area (Å²) in [5.74, 6) is -0.953. The molecule has 0 aliphatic heterocycles. The maximum atomic E-state index is 13.0. The van der Waals surface area contributed by atoms with Gasteiger partial charge >= 0.3 is 0 Å². The first kappa shape index (κ1) is 26.9. The number of hydrogen-bond donors (Lipinski definition) is 0. The van der Waals surface area contributed by atoms with Gasteiger partial charge in [0.05, 0.1) is 11.8 Å². The zero-order valence-corrected chi connectivity index (χ0v) is 20.7. The van der Waals surface area contributed by atoms with Crippen LogP contribution in [0.2, 0.25) is 0 Å². The number of hydrogen-bond acceptors (Lipinski definition) is 4. The number of carbonyl (C=O) groups is 2. The molecule has 0 aliphatic carbocycles. The monoisotopic (exact) mass is 400 g/mol. The van der Waals surface area contributed by atoms with Gasteiger partial charge in [0, 0.05) is 14.1 Å².